The van der Waals surface area contributed by atoms with Gasteiger partial charge < -0.3 is 29.2 Å². The van der Waals surface area contributed by atoms with E-state index in [0.29, 0.717) is 54.8 Å². The van der Waals surface area contributed by atoms with Crippen LogP contribution in [0.3, 0.4) is 0 Å². The second-order valence-corrected chi connectivity index (χ2v) is 10.4. The molecule has 1 aromatic carbocycles. The van der Waals surface area contributed by atoms with E-state index in [9.17, 15) is 18.7 Å². The summed E-state index contributed by atoms with van der Waals surface area (Å²) in [6.07, 6.45) is 3.44. The van der Waals surface area contributed by atoms with Crippen LogP contribution >= 0.6 is 11.6 Å². The highest BCUT2D eigenvalue weighted by molar-refractivity contribution is 6.30. The molecule has 5 heterocycles. The van der Waals surface area contributed by atoms with E-state index < -0.39 is 17.6 Å². The van der Waals surface area contributed by atoms with Crippen molar-refractivity contribution in [1.29, 1.82) is 0 Å². The molecule has 2 unspecified atom stereocenters. The van der Waals surface area contributed by atoms with Crippen molar-refractivity contribution in [2.45, 2.75) is 31.7 Å². The number of ether oxygens (including phenoxy) is 2. The van der Waals surface area contributed by atoms with Crippen LogP contribution in [0.15, 0.2) is 46.9 Å². The number of nitrogens with zero attached hydrogens (tertiary/aromatic N) is 3. The van der Waals surface area contributed by atoms with Crippen molar-refractivity contribution >= 4 is 34.7 Å². The molecule has 210 valence electrons. The normalized spacial score (nSPS) is 20.5. The summed E-state index contributed by atoms with van der Waals surface area (Å²) in [5.74, 6) is -1.52. The van der Waals surface area contributed by atoms with Crippen molar-refractivity contribution in [3.63, 3.8) is 0 Å². The van der Waals surface area contributed by atoms with E-state index in [-0.39, 0.29) is 36.2 Å². The number of benzene rings is 1. The molecule has 3 aliphatic rings. The molecule has 0 bridgehead atoms. The standard InChI is InChI=1S/C28H27ClF2N4O5/c29-18-2-1-17(21(31)11-18)15-39-25-4-3-20(30)26(33-25)16-5-8-34(9-6-16)14-24-32-27-22(12-23(40-27)28(36)37)35(24)13-19-7-10-38-19/h1-5,11-12,19,24,32H,6-10,13-15H2,(H,36,37). The number of aromatic carboxylic acids is 1. The molecule has 6 rings (SSSR count). The van der Waals surface area contributed by atoms with Crippen LogP contribution in [-0.2, 0) is 11.3 Å². The quantitative estimate of drug-likeness (QED) is 0.366. The third-order valence-corrected chi connectivity index (χ3v) is 7.58. The third-order valence-electron chi connectivity index (χ3n) is 7.34. The predicted molar refractivity (Wildman–Crippen MR) is 144 cm³/mol. The smallest absolute Gasteiger partial charge is 0.371 e. The van der Waals surface area contributed by atoms with Gasteiger partial charge in [-0.1, -0.05) is 23.7 Å². The first-order chi connectivity index (χ1) is 19.3. The third kappa shape index (κ3) is 5.49. The number of hydrogen-bond acceptors (Lipinski definition) is 8. The predicted octanol–water partition coefficient (Wildman–Crippen LogP) is 5.02. The van der Waals surface area contributed by atoms with Gasteiger partial charge in [-0.25, -0.2) is 18.6 Å². The molecule has 0 radical (unpaired) electrons. The maximum absolute atomic E-state index is 14.7. The fourth-order valence-electron chi connectivity index (χ4n) is 5.08. The number of halogens is 3. The summed E-state index contributed by atoms with van der Waals surface area (Å²) < 4.78 is 45.6. The molecule has 12 heteroatoms. The monoisotopic (exact) mass is 572 g/mol. The second kappa shape index (κ2) is 11.1. The number of rotatable bonds is 9. The van der Waals surface area contributed by atoms with Crippen LogP contribution in [0.25, 0.3) is 5.57 Å². The van der Waals surface area contributed by atoms with Crippen LogP contribution in [0.1, 0.15) is 34.7 Å². The van der Waals surface area contributed by atoms with Crippen LogP contribution < -0.4 is 15.0 Å². The molecule has 1 saturated heterocycles. The zero-order chi connectivity index (χ0) is 27.8. The van der Waals surface area contributed by atoms with Gasteiger partial charge in [-0.05, 0) is 36.6 Å². The maximum atomic E-state index is 14.7. The zero-order valence-corrected chi connectivity index (χ0v) is 22.2. The van der Waals surface area contributed by atoms with Gasteiger partial charge in [0.1, 0.15) is 35.8 Å². The number of hydrogen-bond donors (Lipinski definition) is 2. The first kappa shape index (κ1) is 26.5. The van der Waals surface area contributed by atoms with E-state index in [1.165, 1.54) is 24.3 Å². The van der Waals surface area contributed by atoms with Crippen LogP contribution in [0.2, 0.25) is 5.02 Å². The van der Waals surface area contributed by atoms with Crippen molar-refractivity contribution in [2.24, 2.45) is 0 Å². The summed E-state index contributed by atoms with van der Waals surface area (Å²) in [5, 5.41) is 12.9. The van der Waals surface area contributed by atoms with E-state index in [4.69, 9.17) is 25.5 Å². The molecule has 3 aromatic rings. The molecule has 1 fully saturated rings. The molecular weight excluding hydrogens is 546 g/mol. The van der Waals surface area contributed by atoms with Gasteiger partial charge in [-0.15, -0.1) is 0 Å². The summed E-state index contributed by atoms with van der Waals surface area (Å²) in [6.45, 7) is 3.17. The number of furan rings is 1. The lowest BCUT2D eigenvalue weighted by Gasteiger charge is -2.37. The number of carboxylic acids is 1. The number of carbonyl (C=O) groups is 1. The van der Waals surface area contributed by atoms with Crippen LogP contribution in [0, 0.1) is 11.6 Å². The largest absolute Gasteiger partial charge is 0.475 e. The van der Waals surface area contributed by atoms with Crippen molar-refractivity contribution < 1.29 is 32.6 Å². The van der Waals surface area contributed by atoms with E-state index in [1.807, 2.05) is 6.08 Å². The van der Waals surface area contributed by atoms with Gasteiger partial charge in [-0.2, -0.15) is 0 Å². The molecule has 2 atom stereocenters. The highest BCUT2D eigenvalue weighted by atomic mass is 35.5. The first-order valence-corrected chi connectivity index (χ1v) is 13.4. The maximum Gasteiger partial charge on any atom is 0.371 e. The van der Waals surface area contributed by atoms with Gasteiger partial charge in [0.15, 0.2) is 0 Å². The number of aromatic nitrogens is 1. The first-order valence-electron chi connectivity index (χ1n) is 13.0. The Morgan fingerprint density at radius 3 is 2.75 bits per heavy atom. The highest BCUT2D eigenvalue weighted by Gasteiger charge is 2.37. The van der Waals surface area contributed by atoms with Crippen molar-refractivity contribution in [3.8, 4) is 5.88 Å². The Bertz CT molecular complexity index is 1460. The van der Waals surface area contributed by atoms with Gasteiger partial charge in [0.05, 0.1) is 6.10 Å². The summed E-state index contributed by atoms with van der Waals surface area (Å²) >= 11 is 5.80. The fourth-order valence-corrected chi connectivity index (χ4v) is 5.23. The van der Waals surface area contributed by atoms with Crippen molar-refractivity contribution in [1.82, 2.24) is 9.88 Å². The number of pyridine rings is 1. The Morgan fingerprint density at radius 1 is 1.20 bits per heavy atom. The van der Waals surface area contributed by atoms with Gasteiger partial charge in [0.25, 0.3) is 0 Å². The Morgan fingerprint density at radius 2 is 2.05 bits per heavy atom. The summed E-state index contributed by atoms with van der Waals surface area (Å²) in [6, 6.07) is 8.60. The number of nitrogens with one attached hydrogen (secondary N) is 1. The Balaban J connectivity index is 1.11. The van der Waals surface area contributed by atoms with Crippen molar-refractivity contribution in [3.05, 3.63) is 76.1 Å². The molecule has 2 N–H and O–H groups in total. The number of fused-ring (bicyclic) bond motifs is 1. The summed E-state index contributed by atoms with van der Waals surface area (Å²) in [7, 11) is 0. The topological polar surface area (TPSA) is 100 Å². The van der Waals surface area contributed by atoms with Crippen molar-refractivity contribution in [2.75, 3.05) is 43.0 Å². The van der Waals surface area contributed by atoms with E-state index >= 15 is 0 Å². The lowest BCUT2D eigenvalue weighted by atomic mass is 10.0. The van der Waals surface area contributed by atoms with Crippen LogP contribution in [0.5, 0.6) is 5.88 Å². The molecule has 0 spiro atoms. The summed E-state index contributed by atoms with van der Waals surface area (Å²) in [5.41, 5.74) is 2.03. The van der Waals surface area contributed by atoms with Crippen LogP contribution in [0.4, 0.5) is 20.4 Å². The highest BCUT2D eigenvalue weighted by Crippen LogP contribution is 2.39. The SMILES string of the molecule is O=C(O)c1cc2c(o1)NC(CN1CC=C(c3nc(OCc4ccc(Cl)cc4F)ccc3F)CC1)N2CC1CCO1. The van der Waals surface area contributed by atoms with Gasteiger partial charge >= 0.3 is 5.97 Å². The minimum atomic E-state index is -1.12. The van der Waals surface area contributed by atoms with Gasteiger partial charge in [0.2, 0.25) is 17.5 Å². The average Bonchev–Trinajstić information content (AvgIpc) is 3.45. The van der Waals surface area contributed by atoms with Crippen LogP contribution in [-0.4, -0.2) is 66.0 Å². The lowest BCUT2D eigenvalue weighted by molar-refractivity contribution is -0.0451. The Kier molecular flexibility index (Phi) is 7.35. The molecule has 9 nitrogen and oxygen atoms in total. The molecule has 0 aliphatic carbocycles. The zero-order valence-electron chi connectivity index (χ0n) is 21.4. The minimum absolute atomic E-state index is 0.0600. The molecule has 2 aromatic heterocycles. The lowest BCUT2D eigenvalue weighted by Crippen LogP contribution is -2.50. The Hall–Kier alpha value is -3.67. The van der Waals surface area contributed by atoms with Gasteiger partial charge in [-0.3, -0.25) is 4.90 Å². The molecule has 40 heavy (non-hydrogen) atoms. The van der Waals surface area contributed by atoms with Gasteiger partial charge in [0, 0.05) is 55.5 Å². The Labute approximate surface area is 233 Å². The number of anilines is 2. The van der Waals surface area contributed by atoms with E-state index in [1.54, 1.807) is 12.1 Å². The molecular formula is C28H27ClF2N4O5. The molecule has 0 saturated carbocycles. The minimum Gasteiger partial charge on any atom is -0.475 e. The van der Waals surface area contributed by atoms with E-state index in [0.717, 1.165) is 18.6 Å². The second-order valence-electron chi connectivity index (χ2n) is 9.97. The van der Waals surface area contributed by atoms with E-state index in [2.05, 4.69) is 20.1 Å². The number of carboxylic acid groups (broad SMARTS) is 1. The fraction of sp³-hybridized carbons (Fsp3) is 0.357. The summed E-state index contributed by atoms with van der Waals surface area (Å²) in [4.78, 5) is 20.1. The average molecular weight is 573 g/mol. The molecule has 0 amide bonds. The molecule has 3 aliphatic heterocycles.